The molecule has 0 aliphatic carbocycles. The Hall–Kier alpha value is -0.830. The van der Waals surface area contributed by atoms with Gasteiger partial charge in [-0.2, -0.15) is 0 Å². The van der Waals surface area contributed by atoms with Crippen LogP contribution in [0.2, 0.25) is 0 Å². The zero-order valence-electron chi connectivity index (χ0n) is 9.59. The quantitative estimate of drug-likeness (QED) is 0.524. The molecular formula is C11H21NO2. The van der Waals surface area contributed by atoms with E-state index in [-0.39, 0.29) is 5.97 Å². The molecule has 0 amide bonds. The highest BCUT2D eigenvalue weighted by Gasteiger charge is 2.03. The van der Waals surface area contributed by atoms with Crippen molar-refractivity contribution < 1.29 is 9.53 Å². The highest BCUT2D eigenvalue weighted by molar-refractivity contribution is 5.71. The Morgan fingerprint density at radius 2 is 2.14 bits per heavy atom. The fraction of sp³-hybridized carbons (Fsp3) is 0.727. The second-order valence-corrected chi connectivity index (χ2v) is 3.72. The van der Waals surface area contributed by atoms with Gasteiger partial charge in [0.1, 0.15) is 0 Å². The predicted molar refractivity (Wildman–Crippen MR) is 58.1 cm³/mol. The SMILES string of the molecule is COC(=O)CNC(C)CCC=C(C)C. The smallest absolute Gasteiger partial charge is 0.319 e. The van der Waals surface area contributed by atoms with Crippen molar-refractivity contribution in [3.05, 3.63) is 11.6 Å². The van der Waals surface area contributed by atoms with E-state index in [1.165, 1.54) is 12.7 Å². The second-order valence-electron chi connectivity index (χ2n) is 3.72. The fourth-order valence-corrected chi connectivity index (χ4v) is 1.05. The summed E-state index contributed by atoms with van der Waals surface area (Å²) < 4.78 is 4.53. The first kappa shape index (κ1) is 13.2. The first-order valence-corrected chi connectivity index (χ1v) is 4.99. The van der Waals surface area contributed by atoms with Crippen LogP contribution in [-0.4, -0.2) is 25.7 Å². The van der Waals surface area contributed by atoms with Crippen LogP contribution >= 0.6 is 0 Å². The number of nitrogens with one attached hydrogen (secondary N) is 1. The summed E-state index contributed by atoms with van der Waals surface area (Å²) in [7, 11) is 1.40. The lowest BCUT2D eigenvalue weighted by Gasteiger charge is -2.11. The van der Waals surface area contributed by atoms with E-state index in [0.717, 1.165) is 12.8 Å². The summed E-state index contributed by atoms with van der Waals surface area (Å²) >= 11 is 0. The van der Waals surface area contributed by atoms with Crippen LogP contribution in [0.15, 0.2) is 11.6 Å². The van der Waals surface area contributed by atoms with Crippen LogP contribution in [0.5, 0.6) is 0 Å². The van der Waals surface area contributed by atoms with Crippen LogP contribution in [0, 0.1) is 0 Å². The Kier molecular flexibility index (Phi) is 7.11. The zero-order chi connectivity index (χ0) is 11.0. The van der Waals surface area contributed by atoms with E-state index in [0.29, 0.717) is 12.6 Å². The first-order valence-electron chi connectivity index (χ1n) is 4.99. The van der Waals surface area contributed by atoms with Gasteiger partial charge in [-0.05, 0) is 33.6 Å². The van der Waals surface area contributed by atoms with Gasteiger partial charge in [-0.1, -0.05) is 11.6 Å². The molecule has 0 heterocycles. The summed E-state index contributed by atoms with van der Waals surface area (Å²) in [6, 6.07) is 0.352. The number of allylic oxidation sites excluding steroid dienone is 2. The monoisotopic (exact) mass is 199 g/mol. The second kappa shape index (κ2) is 7.56. The molecule has 0 saturated carbocycles. The van der Waals surface area contributed by atoms with Gasteiger partial charge >= 0.3 is 5.97 Å². The Morgan fingerprint density at radius 1 is 1.50 bits per heavy atom. The van der Waals surface area contributed by atoms with Gasteiger partial charge in [0.05, 0.1) is 13.7 Å². The average Bonchev–Trinajstić information content (AvgIpc) is 2.13. The van der Waals surface area contributed by atoms with Crippen molar-refractivity contribution in [3.8, 4) is 0 Å². The fourth-order valence-electron chi connectivity index (χ4n) is 1.05. The third-order valence-corrected chi connectivity index (χ3v) is 1.97. The lowest BCUT2D eigenvalue weighted by atomic mass is 10.1. The van der Waals surface area contributed by atoms with Crippen LogP contribution in [-0.2, 0) is 9.53 Å². The Morgan fingerprint density at radius 3 is 2.64 bits per heavy atom. The normalized spacial score (nSPS) is 12.0. The van der Waals surface area contributed by atoms with Crippen LogP contribution < -0.4 is 5.32 Å². The van der Waals surface area contributed by atoms with Crippen molar-refractivity contribution in [2.24, 2.45) is 0 Å². The van der Waals surface area contributed by atoms with Gasteiger partial charge in [0.15, 0.2) is 0 Å². The topological polar surface area (TPSA) is 38.3 Å². The van der Waals surface area contributed by atoms with Crippen LogP contribution in [0.4, 0.5) is 0 Å². The van der Waals surface area contributed by atoms with E-state index in [9.17, 15) is 4.79 Å². The van der Waals surface area contributed by atoms with E-state index in [2.05, 4.69) is 36.9 Å². The highest BCUT2D eigenvalue weighted by Crippen LogP contribution is 2.00. The molecule has 82 valence electrons. The maximum atomic E-state index is 10.8. The summed E-state index contributed by atoms with van der Waals surface area (Å²) in [5.41, 5.74) is 1.34. The van der Waals surface area contributed by atoms with Gasteiger partial charge < -0.3 is 10.1 Å². The van der Waals surface area contributed by atoms with Gasteiger partial charge in [-0.15, -0.1) is 0 Å². The molecular weight excluding hydrogens is 178 g/mol. The van der Waals surface area contributed by atoms with E-state index in [1.807, 2.05) is 0 Å². The van der Waals surface area contributed by atoms with Crippen LogP contribution in [0.25, 0.3) is 0 Å². The molecule has 3 nitrogen and oxygen atoms in total. The van der Waals surface area contributed by atoms with E-state index in [4.69, 9.17) is 0 Å². The molecule has 14 heavy (non-hydrogen) atoms. The third-order valence-electron chi connectivity index (χ3n) is 1.97. The number of methoxy groups -OCH3 is 1. The number of esters is 1. The molecule has 0 radical (unpaired) electrons. The maximum absolute atomic E-state index is 10.8. The number of hydrogen-bond acceptors (Lipinski definition) is 3. The summed E-state index contributed by atoms with van der Waals surface area (Å²) in [6.45, 7) is 6.55. The summed E-state index contributed by atoms with van der Waals surface area (Å²) in [6.07, 6.45) is 4.30. The number of carbonyl (C=O) groups is 1. The minimum atomic E-state index is -0.209. The van der Waals surface area contributed by atoms with Gasteiger partial charge in [0.2, 0.25) is 0 Å². The van der Waals surface area contributed by atoms with Gasteiger partial charge in [-0.3, -0.25) is 4.79 Å². The minimum absolute atomic E-state index is 0.209. The van der Waals surface area contributed by atoms with Gasteiger partial charge in [0, 0.05) is 6.04 Å². The lowest BCUT2D eigenvalue weighted by molar-refractivity contribution is -0.139. The summed E-state index contributed by atoms with van der Waals surface area (Å²) in [4.78, 5) is 10.8. The first-order chi connectivity index (χ1) is 6.56. The standard InChI is InChI=1S/C11H21NO2/c1-9(2)6-5-7-10(3)12-8-11(13)14-4/h6,10,12H,5,7-8H2,1-4H3. The Balaban J connectivity index is 3.51. The average molecular weight is 199 g/mol. The summed E-state index contributed by atoms with van der Waals surface area (Å²) in [5, 5.41) is 3.10. The van der Waals surface area contributed by atoms with Crippen molar-refractivity contribution >= 4 is 5.97 Å². The zero-order valence-corrected chi connectivity index (χ0v) is 9.59. The highest BCUT2D eigenvalue weighted by atomic mass is 16.5. The molecule has 3 heteroatoms. The van der Waals surface area contributed by atoms with Gasteiger partial charge in [-0.25, -0.2) is 0 Å². The van der Waals surface area contributed by atoms with Crippen molar-refractivity contribution in [2.75, 3.05) is 13.7 Å². The molecule has 0 bridgehead atoms. The molecule has 0 aromatic heterocycles. The van der Waals surface area contributed by atoms with Crippen molar-refractivity contribution in [1.29, 1.82) is 0 Å². The van der Waals surface area contributed by atoms with Crippen LogP contribution in [0.1, 0.15) is 33.6 Å². The minimum Gasteiger partial charge on any atom is -0.468 e. The predicted octanol–water partition coefficient (Wildman–Crippen LogP) is 1.88. The van der Waals surface area contributed by atoms with Crippen molar-refractivity contribution in [1.82, 2.24) is 5.32 Å². The lowest BCUT2D eigenvalue weighted by Crippen LogP contribution is -2.31. The third kappa shape index (κ3) is 7.80. The van der Waals surface area contributed by atoms with Crippen molar-refractivity contribution in [3.63, 3.8) is 0 Å². The Bertz CT molecular complexity index is 195. The molecule has 0 spiro atoms. The maximum Gasteiger partial charge on any atom is 0.319 e. The Labute approximate surface area is 86.5 Å². The molecule has 0 fully saturated rings. The number of carbonyl (C=O) groups excluding carboxylic acids is 1. The van der Waals surface area contributed by atoms with E-state index in [1.54, 1.807) is 0 Å². The molecule has 0 aliphatic rings. The summed E-state index contributed by atoms with van der Waals surface area (Å²) in [5.74, 6) is -0.209. The largest absolute Gasteiger partial charge is 0.468 e. The molecule has 0 rings (SSSR count). The van der Waals surface area contributed by atoms with Crippen molar-refractivity contribution in [2.45, 2.75) is 39.7 Å². The molecule has 1 N–H and O–H groups in total. The van der Waals surface area contributed by atoms with Crippen LogP contribution in [0.3, 0.4) is 0 Å². The number of hydrogen-bond donors (Lipinski definition) is 1. The molecule has 0 aromatic rings. The number of rotatable bonds is 6. The van der Waals surface area contributed by atoms with E-state index >= 15 is 0 Å². The molecule has 0 saturated heterocycles. The molecule has 1 unspecified atom stereocenters. The number of ether oxygens (including phenoxy) is 1. The molecule has 1 atom stereocenters. The van der Waals surface area contributed by atoms with E-state index < -0.39 is 0 Å². The van der Waals surface area contributed by atoms with Gasteiger partial charge in [0.25, 0.3) is 0 Å². The molecule has 0 aromatic carbocycles. The molecule has 0 aliphatic heterocycles.